The van der Waals surface area contributed by atoms with Gasteiger partial charge >= 0.3 is 0 Å². The predicted molar refractivity (Wildman–Crippen MR) is 66.0 cm³/mol. The number of pyridine rings is 1. The van der Waals surface area contributed by atoms with Gasteiger partial charge in [-0.3, -0.25) is 0 Å². The molecule has 1 N–H and O–H groups in total. The summed E-state index contributed by atoms with van der Waals surface area (Å²) in [5.74, 6) is 1.33. The maximum atomic E-state index is 5.45. The van der Waals surface area contributed by atoms with Crippen molar-refractivity contribution in [2.45, 2.75) is 19.4 Å². The summed E-state index contributed by atoms with van der Waals surface area (Å²) in [6.07, 6.45) is 4.24. The third-order valence-electron chi connectivity index (χ3n) is 3.03. The lowest BCUT2D eigenvalue weighted by Gasteiger charge is -2.22. The van der Waals surface area contributed by atoms with Gasteiger partial charge in [0.15, 0.2) is 0 Å². The number of nitrogens with one attached hydrogen (secondary N) is 1. The molecule has 94 valence electrons. The van der Waals surface area contributed by atoms with E-state index in [0.717, 1.165) is 26.3 Å². The van der Waals surface area contributed by atoms with E-state index in [0.29, 0.717) is 11.8 Å². The Bertz CT molecular complexity index is 338. The van der Waals surface area contributed by atoms with Crippen LogP contribution in [0, 0.1) is 5.92 Å². The van der Waals surface area contributed by atoms with Gasteiger partial charge in [-0.2, -0.15) is 0 Å². The molecule has 1 fully saturated rings. The van der Waals surface area contributed by atoms with Crippen LogP contribution in [-0.2, 0) is 11.3 Å². The first-order valence-corrected chi connectivity index (χ1v) is 6.16. The van der Waals surface area contributed by atoms with Gasteiger partial charge in [-0.25, -0.2) is 4.98 Å². The maximum Gasteiger partial charge on any atom is 0.213 e. The molecule has 1 aliphatic rings. The lowest BCUT2D eigenvalue weighted by atomic mass is 10.0. The van der Waals surface area contributed by atoms with Gasteiger partial charge in [0.2, 0.25) is 5.88 Å². The SMILES string of the molecule is COc1cc(CNCC2CCCOC2)ccn1. The van der Waals surface area contributed by atoms with Gasteiger partial charge in [0, 0.05) is 32.0 Å². The largest absolute Gasteiger partial charge is 0.481 e. The van der Waals surface area contributed by atoms with Crippen LogP contribution in [-0.4, -0.2) is 31.9 Å². The highest BCUT2D eigenvalue weighted by molar-refractivity contribution is 5.20. The van der Waals surface area contributed by atoms with E-state index in [1.807, 2.05) is 12.1 Å². The molecular weight excluding hydrogens is 216 g/mol. The minimum Gasteiger partial charge on any atom is -0.481 e. The quantitative estimate of drug-likeness (QED) is 0.843. The summed E-state index contributed by atoms with van der Waals surface area (Å²) in [6.45, 7) is 3.70. The van der Waals surface area contributed by atoms with E-state index < -0.39 is 0 Å². The van der Waals surface area contributed by atoms with E-state index in [4.69, 9.17) is 9.47 Å². The first-order valence-electron chi connectivity index (χ1n) is 6.16. The van der Waals surface area contributed by atoms with Crippen LogP contribution in [0.3, 0.4) is 0 Å². The Morgan fingerprint density at radius 2 is 2.53 bits per heavy atom. The molecule has 0 amide bonds. The van der Waals surface area contributed by atoms with Gasteiger partial charge < -0.3 is 14.8 Å². The Labute approximate surface area is 102 Å². The summed E-state index contributed by atoms with van der Waals surface area (Å²) < 4.78 is 10.5. The van der Waals surface area contributed by atoms with Crippen molar-refractivity contribution in [3.63, 3.8) is 0 Å². The molecule has 2 rings (SSSR count). The summed E-state index contributed by atoms with van der Waals surface area (Å²) in [4.78, 5) is 4.09. The summed E-state index contributed by atoms with van der Waals surface area (Å²) in [5.41, 5.74) is 1.20. The number of hydrogen-bond acceptors (Lipinski definition) is 4. The molecule has 0 aromatic carbocycles. The summed E-state index contributed by atoms with van der Waals surface area (Å²) in [6, 6.07) is 3.97. The normalized spacial score (nSPS) is 20.2. The van der Waals surface area contributed by atoms with E-state index in [1.54, 1.807) is 13.3 Å². The van der Waals surface area contributed by atoms with Crippen molar-refractivity contribution in [2.75, 3.05) is 26.9 Å². The van der Waals surface area contributed by atoms with Crippen molar-refractivity contribution >= 4 is 0 Å². The molecule has 2 heterocycles. The highest BCUT2D eigenvalue weighted by Crippen LogP contribution is 2.13. The molecule has 1 atom stereocenters. The molecule has 1 aromatic heterocycles. The molecule has 17 heavy (non-hydrogen) atoms. The highest BCUT2D eigenvalue weighted by Gasteiger charge is 2.12. The zero-order valence-electron chi connectivity index (χ0n) is 10.3. The second-order valence-corrected chi connectivity index (χ2v) is 4.42. The average molecular weight is 236 g/mol. The monoisotopic (exact) mass is 236 g/mol. The molecule has 1 aromatic rings. The van der Waals surface area contributed by atoms with Crippen LogP contribution in [0.25, 0.3) is 0 Å². The number of rotatable bonds is 5. The topological polar surface area (TPSA) is 43.4 Å². The molecule has 0 radical (unpaired) electrons. The van der Waals surface area contributed by atoms with E-state index in [9.17, 15) is 0 Å². The molecule has 0 saturated carbocycles. The first-order chi connectivity index (χ1) is 8.38. The minimum absolute atomic E-state index is 0.660. The van der Waals surface area contributed by atoms with Crippen LogP contribution >= 0.6 is 0 Å². The molecule has 4 heteroatoms. The zero-order valence-corrected chi connectivity index (χ0v) is 10.3. The summed E-state index contributed by atoms with van der Waals surface area (Å²) >= 11 is 0. The van der Waals surface area contributed by atoms with Crippen LogP contribution in [0.15, 0.2) is 18.3 Å². The third-order valence-corrected chi connectivity index (χ3v) is 3.03. The van der Waals surface area contributed by atoms with Crippen LogP contribution in [0.1, 0.15) is 18.4 Å². The van der Waals surface area contributed by atoms with Gasteiger partial charge in [0.25, 0.3) is 0 Å². The van der Waals surface area contributed by atoms with Gasteiger partial charge in [-0.05, 0) is 30.4 Å². The minimum atomic E-state index is 0.660. The van der Waals surface area contributed by atoms with Crippen molar-refractivity contribution in [1.82, 2.24) is 10.3 Å². The standard InChI is InChI=1S/C13H20N2O2/c1-16-13-7-11(4-5-15-13)8-14-9-12-3-2-6-17-10-12/h4-5,7,12,14H,2-3,6,8-10H2,1H3. The molecule has 1 aliphatic heterocycles. The first kappa shape index (κ1) is 12.3. The van der Waals surface area contributed by atoms with Crippen molar-refractivity contribution in [3.05, 3.63) is 23.9 Å². The average Bonchev–Trinajstić information content (AvgIpc) is 2.40. The molecule has 0 bridgehead atoms. The number of methoxy groups -OCH3 is 1. The molecule has 1 unspecified atom stereocenters. The Hall–Kier alpha value is -1.13. The Morgan fingerprint density at radius 3 is 3.29 bits per heavy atom. The van der Waals surface area contributed by atoms with Crippen LogP contribution in [0.2, 0.25) is 0 Å². The zero-order chi connectivity index (χ0) is 11.9. The Balaban J connectivity index is 1.73. The van der Waals surface area contributed by atoms with Gasteiger partial charge in [0.1, 0.15) is 0 Å². The fraction of sp³-hybridized carbons (Fsp3) is 0.615. The smallest absolute Gasteiger partial charge is 0.213 e. The summed E-state index contributed by atoms with van der Waals surface area (Å²) in [5, 5.41) is 3.46. The van der Waals surface area contributed by atoms with Gasteiger partial charge in [-0.15, -0.1) is 0 Å². The maximum absolute atomic E-state index is 5.45. The number of aromatic nitrogens is 1. The molecular formula is C13H20N2O2. The lowest BCUT2D eigenvalue weighted by molar-refractivity contribution is 0.0547. The number of hydrogen-bond donors (Lipinski definition) is 1. The molecule has 4 nitrogen and oxygen atoms in total. The fourth-order valence-corrected chi connectivity index (χ4v) is 2.06. The van der Waals surface area contributed by atoms with E-state index in [1.165, 1.54) is 18.4 Å². The van der Waals surface area contributed by atoms with E-state index >= 15 is 0 Å². The number of ether oxygens (including phenoxy) is 2. The Kier molecular flexibility index (Phi) is 4.76. The second-order valence-electron chi connectivity index (χ2n) is 4.42. The van der Waals surface area contributed by atoms with Gasteiger partial charge in [0.05, 0.1) is 13.7 Å². The fourth-order valence-electron chi connectivity index (χ4n) is 2.06. The van der Waals surface area contributed by atoms with Crippen molar-refractivity contribution in [3.8, 4) is 5.88 Å². The van der Waals surface area contributed by atoms with Gasteiger partial charge in [-0.1, -0.05) is 0 Å². The van der Waals surface area contributed by atoms with Crippen LogP contribution in [0.5, 0.6) is 5.88 Å². The van der Waals surface area contributed by atoms with Crippen LogP contribution < -0.4 is 10.1 Å². The van der Waals surface area contributed by atoms with Crippen LogP contribution in [0.4, 0.5) is 0 Å². The molecule has 1 saturated heterocycles. The number of nitrogens with zero attached hydrogens (tertiary/aromatic N) is 1. The van der Waals surface area contributed by atoms with E-state index in [2.05, 4.69) is 10.3 Å². The highest BCUT2D eigenvalue weighted by atomic mass is 16.5. The third kappa shape index (κ3) is 3.98. The Morgan fingerprint density at radius 1 is 1.59 bits per heavy atom. The van der Waals surface area contributed by atoms with Crippen molar-refractivity contribution in [1.29, 1.82) is 0 Å². The predicted octanol–water partition coefficient (Wildman–Crippen LogP) is 1.61. The lowest BCUT2D eigenvalue weighted by Crippen LogP contribution is -2.28. The molecule has 0 aliphatic carbocycles. The van der Waals surface area contributed by atoms with Crippen molar-refractivity contribution in [2.24, 2.45) is 5.92 Å². The second kappa shape index (κ2) is 6.57. The molecule has 0 spiro atoms. The van der Waals surface area contributed by atoms with Crippen molar-refractivity contribution < 1.29 is 9.47 Å². The summed E-state index contributed by atoms with van der Waals surface area (Å²) in [7, 11) is 1.64. The van der Waals surface area contributed by atoms with E-state index in [-0.39, 0.29) is 0 Å².